The van der Waals surface area contributed by atoms with Crippen molar-refractivity contribution < 1.29 is 14.3 Å². The molecule has 0 atom stereocenters. The zero-order chi connectivity index (χ0) is 15.2. The van der Waals surface area contributed by atoms with Crippen LogP contribution in [0, 0.1) is 0 Å². The van der Waals surface area contributed by atoms with Crippen LogP contribution in [-0.4, -0.2) is 19.2 Å². The van der Waals surface area contributed by atoms with E-state index in [1.165, 1.54) is 12.1 Å². The van der Waals surface area contributed by atoms with Crippen LogP contribution in [0.4, 0.5) is 0 Å². The van der Waals surface area contributed by atoms with Crippen molar-refractivity contribution in [2.75, 3.05) is 13.2 Å². The molecule has 0 heterocycles. The number of rotatable bonds is 5. The third kappa shape index (κ3) is 4.81. The van der Waals surface area contributed by atoms with Crippen molar-refractivity contribution in [3.05, 3.63) is 63.1 Å². The van der Waals surface area contributed by atoms with E-state index in [9.17, 15) is 4.79 Å². The molecule has 0 aliphatic carbocycles. The van der Waals surface area contributed by atoms with E-state index in [1.54, 1.807) is 30.3 Å². The summed E-state index contributed by atoms with van der Waals surface area (Å²) in [6.45, 7) is 0.346. The highest BCUT2D eigenvalue weighted by molar-refractivity contribution is 6.36. The van der Waals surface area contributed by atoms with Crippen molar-refractivity contribution in [1.29, 1.82) is 0 Å². The second-order valence-electron chi connectivity index (χ2n) is 4.06. The highest BCUT2D eigenvalue weighted by Gasteiger charge is 2.11. The summed E-state index contributed by atoms with van der Waals surface area (Å²) in [5.41, 5.74) is 0.271. The molecule has 0 spiro atoms. The van der Waals surface area contributed by atoms with Crippen LogP contribution in [0.25, 0.3) is 0 Å². The average molecular weight is 346 g/mol. The molecule has 0 N–H and O–H groups in total. The Morgan fingerprint density at radius 2 is 1.57 bits per heavy atom. The van der Waals surface area contributed by atoms with E-state index in [0.29, 0.717) is 15.8 Å². The van der Waals surface area contributed by atoms with Gasteiger partial charge in [-0.1, -0.05) is 34.8 Å². The molecule has 2 aromatic carbocycles. The molecule has 0 radical (unpaired) electrons. The molecule has 6 heteroatoms. The summed E-state index contributed by atoms with van der Waals surface area (Å²) < 4.78 is 10.5. The number of esters is 1. The summed E-state index contributed by atoms with van der Waals surface area (Å²) in [4.78, 5) is 11.8. The summed E-state index contributed by atoms with van der Waals surface area (Å²) in [6, 6.07) is 11.5. The van der Waals surface area contributed by atoms with Crippen LogP contribution in [-0.2, 0) is 4.74 Å². The molecular formula is C15H11Cl3O3. The van der Waals surface area contributed by atoms with Crippen LogP contribution in [0.15, 0.2) is 42.5 Å². The summed E-state index contributed by atoms with van der Waals surface area (Å²) >= 11 is 17.4. The summed E-state index contributed by atoms with van der Waals surface area (Å²) in [5, 5.41) is 1.35. The first-order chi connectivity index (χ1) is 10.1. The molecule has 0 fully saturated rings. The zero-order valence-electron chi connectivity index (χ0n) is 10.8. The summed E-state index contributed by atoms with van der Waals surface area (Å²) in [7, 11) is 0. The first-order valence-electron chi connectivity index (χ1n) is 6.07. The van der Waals surface area contributed by atoms with Gasteiger partial charge in [-0.15, -0.1) is 0 Å². The topological polar surface area (TPSA) is 35.5 Å². The first kappa shape index (κ1) is 16.0. The molecule has 110 valence electrons. The number of carbonyl (C=O) groups is 1. The molecule has 0 bridgehead atoms. The van der Waals surface area contributed by atoms with Crippen molar-refractivity contribution >= 4 is 40.8 Å². The van der Waals surface area contributed by atoms with Crippen molar-refractivity contribution in [3.63, 3.8) is 0 Å². The second kappa shape index (κ2) is 7.55. The van der Waals surface area contributed by atoms with Crippen molar-refractivity contribution in [2.45, 2.75) is 0 Å². The molecule has 0 aliphatic rings. The number of ether oxygens (including phenoxy) is 2. The molecule has 2 aromatic rings. The number of benzene rings is 2. The predicted octanol–water partition coefficient (Wildman–Crippen LogP) is 4.88. The Morgan fingerprint density at radius 1 is 0.905 bits per heavy atom. The molecule has 0 aliphatic heterocycles. The van der Waals surface area contributed by atoms with Gasteiger partial charge in [0.25, 0.3) is 0 Å². The van der Waals surface area contributed by atoms with Crippen LogP contribution >= 0.6 is 34.8 Å². The van der Waals surface area contributed by atoms with E-state index in [1.807, 2.05) is 0 Å². The van der Waals surface area contributed by atoms with Gasteiger partial charge in [0, 0.05) is 10.0 Å². The number of hydrogen-bond acceptors (Lipinski definition) is 3. The van der Waals surface area contributed by atoms with Crippen molar-refractivity contribution in [1.82, 2.24) is 0 Å². The quantitative estimate of drug-likeness (QED) is 0.572. The molecule has 0 saturated heterocycles. The van der Waals surface area contributed by atoms with Gasteiger partial charge < -0.3 is 9.47 Å². The first-order valence-corrected chi connectivity index (χ1v) is 7.20. The van der Waals surface area contributed by atoms with Gasteiger partial charge in [-0.2, -0.15) is 0 Å². The second-order valence-corrected chi connectivity index (χ2v) is 5.34. The van der Waals surface area contributed by atoms with Crippen molar-refractivity contribution in [3.8, 4) is 5.75 Å². The Hall–Kier alpha value is -1.42. The lowest BCUT2D eigenvalue weighted by Crippen LogP contribution is -2.12. The summed E-state index contributed by atoms with van der Waals surface area (Å²) in [6.07, 6.45) is 0. The largest absolute Gasteiger partial charge is 0.490 e. The fourth-order valence-corrected chi connectivity index (χ4v) is 2.17. The molecule has 2 rings (SSSR count). The number of hydrogen-bond donors (Lipinski definition) is 0. The molecule has 0 unspecified atom stereocenters. The third-order valence-electron chi connectivity index (χ3n) is 2.55. The van der Waals surface area contributed by atoms with Gasteiger partial charge in [-0.25, -0.2) is 4.79 Å². The summed E-state index contributed by atoms with van der Waals surface area (Å²) in [5.74, 6) is 0.136. The third-order valence-corrected chi connectivity index (χ3v) is 3.35. The molecule has 21 heavy (non-hydrogen) atoms. The van der Waals surface area contributed by atoms with E-state index in [0.717, 1.165) is 0 Å². The fourth-order valence-electron chi connectivity index (χ4n) is 1.56. The predicted molar refractivity (Wildman–Crippen MR) is 83.7 cm³/mol. The zero-order valence-corrected chi connectivity index (χ0v) is 13.1. The van der Waals surface area contributed by atoms with Crippen LogP contribution in [0.1, 0.15) is 10.4 Å². The van der Waals surface area contributed by atoms with Gasteiger partial charge in [0.15, 0.2) is 0 Å². The van der Waals surface area contributed by atoms with Gasteiger partial charge in [-0.3, -0.25) is 0 Å². The Kier molecular flexibility index (Phi) is 5.74. The Bertz CT molecular complexity index is 627. The van der Waals surface area contributed by atoms with Crippen LogP contribution in [0.5, 0.6) is 5.75 Å². The monoisotopic (exact) mass is 344 g/mol. The molecule has 0 amide bonds. The van der Waals surface area contributed by atoms with Crippen LogP contribution in [0.2, 0.25) is 15.1 Å². The number of carbonyl (C=O) groups excluding carboxylic acids is 1. The fraction of sp³-hybridized carbons (Fsp3) is 0.133. The van der Waals surface area contributed by atoms with E-state index >= 15 is 0 Å². The average Bonchev–Trinajstić information content (AvgIpc) is 2.45. The molecule has 0 saturated carbocycles. The number of halogens is 3. The highest BCUT2D eigenvalue weighted by Crippen LogP contribution is 2.21. The lowest BCUT2D eigenvalue weighted by atomic mass is 10.2. The minimum absolute atomic E-state index is 0.112. The lowest BCUT2D eigenvalue weighted by molar-refractivity contribution is 0.0450. The highest BCUT2D eigenvalue weighted by atomic mass is 35.5. The molecule has 0 aromatic heterocycles. The minimum atomic E-state index is -0.517. The van der Waals surface area contributed by atoms with Crippen LogP contribution in [0.3, 0.4) is 0 Å². The van der Waals surface area contributed by atoms with Gasteiger partial charge in [0.1, 0.15) is 19.0 Å². The van der Waals surface area contributed by atoms with E-state index < -0.39 is 5.97 Å². The van der Waals surface area contributed by atoms with E-state index in [4.69, 9.17) is 44.3 Å². The van der Waals surface area contributed by atoms with Gasteiger partial charge in [-0.05, 0) is 42.5 Å². The standard InChI is InChI=1S/C15H11Cl3O3/c16-10-1-4-12(5-2-10)20-7-8-21-15(19)13-6-3-11(17)9-14(13)18/h1-6,9H,7-8H2. The molecular weight excluding hydrogens is 335 g/mol. The van der Waals surface area contributed by atoms with E-state index in [-0.39, 0.29) is 23.8 Å². The van der Waals surface area contributed by atoms with E-state index in [2.05, 4.69) is 0 Å². The lowest BCUT2D eigenvalue weighted by Gasteiger charge is -2.08. The smallest absolute Gasteiger partial charge is 0.339 e. The van der Waals surface area contributed by atoms with Gasteiger partial charge >= 0.3 is 5.97 Å². The maximum Gasteiger partial charge on any atom is 0.339 e. The molecule has 3 nitrogen and oxygen atoms in total. The van der Waals surface area contributed by atoms with Crippen molar-refractivity contribution in [2.24, 2.45) is 0 Å². The van der Waals surface area contributed by atoms with Gasteiger partial charge in [0.05, 0.1) is 10.6 Å². The van der Waals surface area contributed by atoms with Crippen LogP contribution < -0.4 is 4.74 Å². The Labute approximate surface area is 137 Å². The minimum Gasteiger partial charge on any atom is -0.490 e. The SMILES string of the molecule is O=C(OCCOc1ccc(Cl)cc1)c1ccc(Cl)cc1Cl. The Morgan fingerprint density at radius 3 is 2.24 bits per heavy atom. The Balaban J connectivity index is 1.80. The normalized spacial score (nSPS) is 10.2. The maximum absolute atomic E-state index is 11.8. The van der Waals surface area contributed by atoms with Gasteiger partial charge in [0.2, 0.25) is 0 Å². The maximum atomic E-state index is 11.8.